The van der Waals surface area contributed by atoms with E-state index in [1.165, 1.54) is 18.3 Å². The van der Waals surface area contributed by atoms with E-state index in [0.717, 1.165) is 11.8 Å². The summed E-state index contributed by atoms with van der Waals surface area (Å²) in [4.78, 5) is 67.9. The molecular weight excluding hydrogens is 581 g/mol. The molecule has 4 atom stereocenters. The number of carbonyl (C=O) groups excluding carboxylic acids is 5. The van der Waals surface area contributed by atoms with E-state index in [-0.39, 0.29) is 36.9 Å². The van der Waals surface area contributed by atoms with Crippen molar-refractivity contribution in [3.05, 3.63) is 53.3 Å². The first-order chi connectivity index (χ1) is 20.8. The molecule has 3 amide bonds. The summed E-state index contributed by atoms with van der Waals surface area (Å²) in [5.41, 5.74) is 1.48. The Hall–Kier alpha value is -4.75. The summed E-state index contributed by atoms with van der Waals surface area (Å²) in [5.74, 6) is -3.39. The maximum atomic E-state index is 14.1. The fraction of sp³-hybridized carbons (Fsp3) is 0.467. The first kappa shape index (κ1) is 32.2. The van der Waals surface area contributed by atoms with Gasteiger partial charge in [-0.1, -0.05) is 19.9 Å². The van der Waals surface area contributed by atoms with Gasteiger partial charge in [-0.3, -0.25) is 19.4 Å². The molecule has 1 unspecified atom stereocenters. The van der Waals surface area contributed by atoms with Crippen molar-refractivity contribution >= 4 is 29.8 Å². The normalized spacial score (nSPS) is 20.9. The summed E-state index contributed by atoms with van der Waals surface area (Å²) < 4.78 is 39.1. The molecule has 1 N–H and O–H groups in total. The number of urea groups is 1. The molecule has 13 nitrogen and oxygen atoms in total. The monoisotopic (exact) mass is 615 g/mol. The van der Waals surface area contributed by atoms with Crippen LogP contribution < -0.4 is 14.8 Å². The highest BCUT2D eigenvalue weighted by atomic mass is 19.2. The molecule has 1 aromatic heterocycles. The number of benzene rings is 1. The molecule has 1 fully saturated rings. The van der Waals surface area contributed by atoms with Crippen molar-refractivity contribution in [2.45, 2.75) is 65.6 Å². The lowest BCUT2D eigenvalue weighted by Gasteiger charge is -2.44. The van der Waals surface area contributed by atoms with Gasteiger partial charge in [0.05, 0.1) is 36.6 Å². The lowest BCUT2D eigenvalue weighted by atomic mass is 9.82. The van der Waals surface area contributed by atoms with Gasteiger partial charge >= 0.3 is 30.0 Å². The summed E-state index contributed by atoms with van der Waals surface area (Å²) in [6.07, 6.45) is 1.30. The number of amides is 3. The Morgan fingerprint density at radius 1 is 1.07 bits per heavy atom. The van der Waals surface area contributed by atoms with Crippen LogP contribution in [0.1, 0.15) is 57.5 Å². The number of halogens is 1. The van der Waals surface area contributed by atoms with Crippen molar-refractivity contribution in [1.82, 2.24) is 15.2 Å². The third kappa shape index (κ3) is 7.41. The van der Waals surface area contributed by atoms with Gasteiger partial charge in [0.2, 0.25) is 12.7 Å². The Labute approximate surface area is 252 Å². The number of alkyl halides is 1. The molecule has 2 aromatic rings. The van der Waals surface area contributed by atoms with Crippen molar-refractivity contribution in [2.24, 2.45) is 11.8 Å². The summed E-state index contributed by atoms with van der Waals surface area (Å²) in [5, 5.41) is 2.69. The van der Waals surface area contributed by atoms with E-state index in [1.54, 1.807) is 45.9 Å². The fourth-order valence-corrected chi connectivity index (χ4v) is 4.71. The molecule has 14 heteroatoms. The van der Waals surface area contributed by atoms with Gasteiger partial charge in [-0.05, 0) is 55.7 Å². The van der Waals surface area contributed by atoms with E-state index < -0.39 is 60.7 Å². The maximum absolute atomic E-state index is 14.1. The van der Waals surface area contributed by atoms with Gasteiger partial charge < -0.3 is 29.0 Å². The van der Waals surface area contributed by atoms with E-state index in [2.05, 4.69) is 10.3 Å². The average Bonchev–Trinajstić information content (AvgIpc) is 3.27. The number of likely N-dealkylation sites (tertiary alicyclic amines) is 1. The van der Waals surface area contributed by atoms with Crippen molar-refractivity contribution in [3.8, 4) is 11.5 Å². The van der Waals surface area contributed by atoms with Crippen LogP contribution in [0.15, 0.2) is 36.5 Å². The topological polar surface area (TPSA) is 160 Å². The highest BCUT2D eigenvalue weighted by Gasteiger charge is 2.55. The van der Waals surface area contributed by atoms with Crippen LogP contribution in [-0.2, 0) is 46.2 Å². The van der Waals surface area contributed by atoms with Crippen LogP contribution in [0.4, 0.5) is 9.18 Å². The van der Waals surface area contributed by atoms with Crippen LogP contribution in [0.3, 0.4) is 0 Å². The minimum Gasteiger partial charge on any atom is -0.464 e. The van der Waals surface area contributed by atoms with Gasteiger partial charge in [0.15, 0.2) is 17.5 Å². The highest BCUT2D eigenvalue weighted by molar-refractivity contribution is 6.08. The lowest BCUT2D eigenvalue weighted by molar-refractivity contribution is -0.173. The molecule has 0 aliphatic carbocycles. The van der Waals surface area contributed by atoms with E-state index in [0.29, 0.717) is 16.8 Å². The molecule has 1 saturated heterocycles. The third-order valence-electron chi connectivity index (χ3n) is 6.91. The largest absolute Gasteiger partial charge is 0.464 e. The summed E-state index contributed by atoms with van der Waals surface area (Å²) in [6.45, 7) is 7.21. The van der Waals surface area contributed by atoms with Gasteiger partial charge in [0.1, 0.15) is 0 Å². The number of hydrogen-bond donors (Lipinski definition) is 1. The van der Waals surface area contributed by atoms with Crippen molar-refractivity contribution in [1.29, 1.82) is 0 Å². The molecular formula is C30H34FN3O10. The molecule has 1 aromatic carbocycles. The van der Waals surface area contributed by atoms with Gasteiger partial charge in [0, 0.05) is 13.1 Å². The van der Waals surface area contributed by atoms with Crippen molar-refractivity contribution in [2.75, 3.05) is 13.4 Å². The van der Waals surface area contributed by atoms with Gasteiger partial charge in [-0.25, -0.2) is 14.5 Å². The molecule has 0 radical (unpaired) electrons. The van der Waals surface area contributed by atoms with Gasteiger partial charge in [0.25, 0.3) is 0 Å². The first-order valence-corrected chi connectivity index (χ1v) is 14.1. The minimum atomic E-state index is -2.30. The number of fused-ring (bicyclic) bond motifs is 1. The lowest BCUT2D eigenvalue weighted by Crippen LogP contribution is -2.69. The SMILES string of the molecule is CCOC(=O)[C@@H]1[C@@H](Cc2ccnc(CC(=O)OCOC(=O)C(C)C)c2)C(=O)N1C(=O)N[C@H](C)c1ccc2c(c1)OC(C)(F)O2. The van der Waals surface area contributed by atoms with Crippen LogP contribution in [0.5, 0.6) is 11.5 Å². The molecule has 4 rings (SSSR count). The minimum absolute atomic E-state index is 0.0425. The summed E-state index contributed by atoms with van der Waals surface area (Å²) in [6, 6.07) is 2.92. The maximum Gasteiger partial charge on any atom is 0.404 e. The van der Waals surface area contributed by atoms with Crippen LogP contribution in [0.25, 0.3) is 0 Å². The second-order valence-electron chi connectivity index (χ2n) is 10.7. The number of aromatic nitrogens is 1. The second kappa shape index (κ2) is 13.3. The number of imide groups is 1. The number of nitrogens with one attached hydrogen (secondary N) is 1. The predicted octanol–water partition coefficient (Wildman–Crippen LogP) is 3.14. The average molecular weight is 616 g/mol. The fourth-order valence-electron chi connectivity index (χ4n) is 4.71. The standard InChI is InChI=1S/C30H34FN3O10/c1-6-40-28(38)25-21(12-18-9-10-32-20(11-18)14-24(35)41-15-42-27(37)16(2)3)26(36)34(25)29(39)33-17(4)19-7-8-22-23(13-19)44-30(5,31)43-22/h7-11,13,16-17,21,25H,6,12,14-15H2,1-5H3,(H,33,39)/t17-,21-,25+,30?/m1/s1. The molecule has 2 aliphatic heterocycles. The predicted molar refractivity (Wildman–Crippen MR) is 148 cm³/mol. The Morgan fingerprint density at radius 2 is 1.80 bits per heavy atom. The number of pyridine rings is 1. The molecule has 44 heavy (non-hydrogen) atoms. The van der Waals surface area contributed by atoms with E-state index >= 15 is 0 Å². The molecule has 2 aliphatic rings. The van der Waals surface area contributed by atoms with Gasteiger partial charge in [-0.15, -0.1) is 0 Å². The van der Waals surface area contributed by atoms with Crippen molar-refractivity contribution in [3.63, 3.8) is 0 Å². The number of carbonyl (C=O) groups is 5. The quantitative estimate of drug-likeness (QED) is 0.225. The smallest absolute Gasteiger partial charge is 0.404 e. The Kier molecular flexibility index (Phi) is 9.70. The number of hydrogen-bond acceptors (Lipinski definition) is 11. The Balaban J connectivity index is 1.39. The zero-order chi connectivity index (χ0) is 32.2. The number of rotatable bonds is 11. The number of nitrogens with zero attached hydrogens (tertiary/aromatic N) is 2. The molecule has 0 saturated carbocycles. The van der Waals surface area contributed by atoms with Crippen LogP contribution in [0, 0.1) is 11.8 Å². The summed E-state index contributed by atoms with van der Waals surface area (Å²) in [7, 11) is 0. The van der Waals surface area contributed by atoms with Crippen LogP contribution in [0.2, 0.25) is 0 Å². The highest BCUT2D eigenvalue weighted by Crippen LogP contribution is 2.41. The van der Waals surface area contributed by atoms with Crippen molar-refractivity contribution < 1.29 is 52.0 Å². The number of ether oxygens (including phenoxy) is 5. The molecule has 0 bridgehead atoms. The molecule has 236 valence electrons. The van der Waals surface area contributed by atoms with Crippen LogP contribution in [-0.4, -0.2) is 65.2 Å². The molecule has 3 heterocycles. The van der Waals surface area contributed by atoms with Crippen LogP contribution >= 0.6 is 0 Å². The molecule has 0 spiro atoms. The first-order valence-electron chi connectivity index (χ1n) is 14.1. The zero-order valence-corrected chi connectivity index (χ0v) is 25.0. The second-order valence-corrected chi connectivity index (χ2v) is 10.7. The van der Waals surface area contributed by atoms with E-state index in [4.69, 9.17) is 23.7 Å². The van der Waals surface area contributed by atoms with E-state index in [9.17, 15) is 28.4 Å². The Bertz CT molecular complexity index is 1450. The van der Waals surface area contributed by atoms with E-state index in [1.807, 2.05) is 0 Å². The zero-order valence-electron chi connectivity index (χ0n) is 25.0. The third-order valence-corrected chi connectivity index (χ3v) is 6.91. The Morgan fingerprint density at radius 3 is 2.50 bits per heavy atom. The number of esters is 3. The number of β-lactam (4-membered cyclic amide) rings is 1. The van der Waals surface area contributed by atoms with Gasteiger partial charge in [-0.2, -0.15) is 4.39 Å². The summed E-state index contributed by atoms with van der Waals surface area (Å²) >= 11 is 0.